The molecule has 54 heavy (non-hydrogen) atoms. The predicted octanol–water partition coefficient (Wildman–Crippen LogP) is 15.3. The fourth-order valence-electron chi connectivity index (χ4n) is 7.62. The molecule has 1 heterocycles. The van der Waals surface area contributed by atoms with Gasteiger partial charge in [-0.3, -0.25) is 0 Å². The quantitative estimate of drug-likeness (QED) is 0.160. The number of hydrogen-bond acceptors (Lipinski definition) is 2. The van der Waals surface area contributed by atoms with E-state index in [1.54, 1.807) is 0 Å². The summed E-state index contributed by atoms with van der Waals surface area (Å²) in [5.41, 5.74) is 11.8. The van der Waals surface area contributed by atoms with Crippen LogP contribution in [0.25, 0.3) is 75.5 Å². The number of hydrogen-bond donors (Lipinski definition) is 0. The fourth-order valence-corrected chi connectivity index (χ4v) is 8.70. The number of anilines is 3. The first kappa shape index (κ1) is 32.0. The minimum absolute atomic E-state index is 1.11. The molecule has 2 heteroatoms. The predicted molar refractivity (Wildman–Crippen MR) is 233 cm³/mol. The van der Waals surface area contributed by atoms with Crippen LogP contribution in [0.5, 0.6) is 0 Å². The normalized spacial score (nSPS) is 11.3. The topological polar surface area (TPSA) is 3.24 Å². The second kappa shape index (κ2) is 13.7. The monoisotopic (exact) mass is 705 g/mol. The molecule has 1 nitrogen and oxygen atoms in total. The molecule has 0 saturated carbocycles. The summed E-state index contributed by atoms with van der Waals surface area (Å²) in [6.07, 6.45) is 0. The number of benzene rings is 9. The van der Waals surface area contributed by atoms with Crippen molar-refractivity contribution in [2.45, 2.75) is 0 Å². The zero-order valence-electron chi connectivity index (χ0n) is 29.6. The Bertz CT molecular complexity index is 2890. The van der Waals surface area contributed by atoms with E-state index in [0.717, 1.165) is 17.1 Å². The highest BCUT2D eigenvalue weighted by atomic mass is 32.1. The Hall–Kier alpha value is -6.74. The first-order valence-electron chi connectivity index (χ1n) is 18.4. The van der Waals surface area contributed by atoms with Gasteiger partial charge in [0.1, 0.15) is 0 Å². The number of fused-ring (bicyclic) bond motifs is 4. The van der Waals surface area contributed by atoms with Crippen molar-refractivity contribution in [3.05, 3.63) is 212 Å². The summed E-state index contributed by atoms with van der Waals surface area (Å²) < 4.78 is 1.32. The molecule has 0 aliphatic rings. The number of nitrogens with zero attached hydrogens (tertiary/aromatic N) is 1. The maximum atomic E-state index is 2.35. The highest BCUT2D eigenvalue weighted by Crippen LogP contribution is 2.40. The number of thiophene rings is 1. The van der Waals surface area contributed by atoms with Gasteiger partial charge in [0, 0.05) is 32.0 Å². The van der Waals surface area contributed by atoms with E-state index in [-0.39, 0.29) is 0 Å². The van der Waals surface area contributed by atoms with E-state index in [9.17, 15) is 0 Å². The molecule has 254 valence electrons. The fraction of sp³-hybridized carbons (Fsp3) is 0. The van der Waals surface area contributed by atoms with Gasteiger partial charge in [0.05, 0.1) is 0 Å². The second-order valence-electron chi connectivity index (χ2n) is 13.8. The van der Waals surface area contributed by atoms with Crippen LogP contribution in [-0.4, -0.2) is 0 Å². The van der Waals surface area contributed by atoms with Crippen LogP contribution in [0.4, 0.5) is 17.1 Å². The van der Waals surface area contributed by atoms with E-state index in [4.69, 9.17) is 0 Å². The minimum Gasteiger partial charge on any atom is -0.311 e. The molecule has 0 amide bonds. The molecule has 0 fully saturated rings. The van der Waals surface area contributed by atoms with Gasteiger partial charge in [-0.15, -0.1) is 11.3 Å². The average molecular weight is 706 g/mol. The summed E-state index contributed by atoms with van der Waals surface area (Å²) in [5, 5.41) is 6.44. The largest absolute Gasteiger partial charge is 0.311 e. The zero-order chi connectivity index (χ0) is 35.8. The lowest BCUT2D eigenvalue weighted by Gasteiger charge is -2.26. The van der Waals surface area contributed by atoms with Crippen molar-refractivity contribution in [3.63, 3.8) is 0 Å². The molecule has 0 aliphatic carbocycles. The van der Waals surface area contributed by atoms with Gasteiger partial charge >= 0.3 is 0 Å². The van der Waals surface area contributed by atoms with Gasteiger partial charge in [0.25, 0.3) is 0 Å². The molecule has 0 aliphatic heterocycles. The third kappa shape index (κ3) is 6.03. The van der Waals surface area contributed by atoms with E-state index in [1.807, 2.05) is 11.3 Å². The highest BCUT2D eigenvalue weighted by Gasteiger charge is 2.15. The van der Waals surface area contributed by atoms with Crippen molar-refractivity contribution in [2.24, 2.45) is 0 Å². The van der Waals surface area contributed by atoms with Crippen LogP contribution in [0.2, 0.25) is 0 Å². The smallest absolute Gasteiger partial charge is 0.0462 e. The van der Waals surface area contributed by atoms with Gasteiger partial charge < -0.3 is 4.90 Å². The lowest BCUT2D eigenvalue weighted by Crippen LogP contribution is -2.09. The van der Waals surface area contributed by atoms with Gasteiger partial charge in [-0.05, 0) is 115 Å². The molecule has 0 N–H and O–H groups in total. The van der Waals surface area contributed by atoms with Gasteiger partial charge in [-0.2, -0.15) is 0 Å². The van der Waals surface area contributed by atoms with Gasteiger partial charge in [-0.1, -0.05) is 158 Å². The van der Waals surface area contributed by atoms with Gasteiger partial charge in [0.15, 0.2) is 0 Å². The molecule has 0 atom stereocenters. The molecular formula is C52H35NS. The molecule has 10 aromatic rings. The summed E-state index contributed by atoms with van der Waals surface area (Å²) in [6, 6.07) is 77.1. The molecule has 0 radical (unpaired) electrons. The van der Waals surface area contributed by atoms with Crippen LogP contribution in [-0.2, 0) is 0 Å². The Morgan fingerprint density at radius 2 is 0.722 bits per heavy atom. The van der Waals surface area contributed by atoms with E-state index >= 15 is 0 Å². The van der Waals surface area contributed by atoms with Crippen molar-refractivity contribution in [2.75, 3.05) is 4.90 Å². The maximum absolute atomic E-state index is 2.35. The molecule has 0 spiro atoms. The standard InChI is InChI=1S/C52H35NS/c1-2-8-36(9-3-1)39-20-27-46(28-21-39)53(48-31-24-41(25-32-48)45-19-16-37-10-4-5-12-44(37)34-45)47-29-22-40(23-30-47)38-14-17-43(18-15-38)52-35-50-49-13-7-6-11-42(49)26-33-51(50)54-52/h1-35H. The molecule has 0 unspecified atom stereocenters. The Balaban J connectivity index is 0.964. The van der Waals surface area contributed by atoms with Crippen molar-refractivity contribution in [1.29, 1.82) is 0 Å². The van der Waals surface area contributed by atoms with Crippen molar-refractivity contribution in [3.8, 4) is 43.8 Å². The van der Waals surface area contributed by atoms with Crippen LogP contribution < -0.4 is 4.90 Å². The Morgan fingerprint density at radius 1 is 0.278 bits per heavy atom. The summed E-state index contributed by atoms with van der Waals surface area (Å²) in [5.74, 6) is 0. The third-order valence-corrected chi connectivity index (χ3v) is 11.6. The van der Waals surface area contributed by atoms with Crippen LogP contribution in [0.1, 0.15) is 0 Å². The SMILES string of the molecule is c1ccc(-c2ccc(N(c3ccc(-c4ccc(-c5cc6c(ccc7ccccc76)s5)cc4)cc3)c3ccc(-c4ccc5ccccc5c4)cc3)cc2)cc1. The third-order valence-electron chi connectivity index (χ3n) is 10.5. The molecule has 0 bridgehead atoms. The van der Waals surface area contributed by atoms with Crippen LogP contribution in [0.3, 0.4) is 0 Å². The Kier molecular flexibility index (Phi) is 8.09. The highest BCUT2D eigenvalue weighted by molar-refractivity contribution is 7.22. The Morgan fingerprint density at radius 3 is 1.35 bits per heavy atom. The van der Waals surface area contributed by atoms with Gasteiger partial charge in [-0.25, -0.2) is 0 Å². The number of rotatable bonds is 7. The van der Waals surface area contributed by atoms with Crippen molar-refractivity contribution in [1.82, 2.24) is 0 Å². The second-order valence-corrected chi connectivity index (χ2v) is 14.9. The lowest BCUT2D eigenvalue weighted by atomic mass is 10.0. The first-order chi connectivity index (χ1) is 26.7. The van der Waals surface area contributed by atoms with Crippen LogP contribution >= 0.6 is 11.3 Å². The van der Waals surface area contributed by atoms with Crippen molar-refractivity contribution < 1.29 is 0 Å². The van der Waals surface area contributed by atoms with E-state index in [1.165, 1.54) is 75.5 Å². The summed E-state index contributed by atoms with van der Waals surface area (Å²) >= 11 is 1.86. The van der Waals surface area contributed by atoms with E-state index in [0.29, 0.717) is 0 Å². The maximum Gasteiger partial charge on any atom is 0.0462 e. The first-order valence-corrected chi connectivity index (χ1v) is 19.2. The van der Waals surface area contributed by atoms with Gasteiger partial charge in [0.2, 0.25) is 0 Å². The Labute approximate surface area is 319 Å². The molecule has 9 aromatic carbocycles. The molecule has 10 rings (SSSR count). The summed E-state index contributed by atoms with van der Waals surface area (Å²) in [7, 11) is 0. The van der Waals surface area contributed by atoms with Crippen LogP contribution in [0.15, 0.2) is 212 Å². The van der Waals surface area contributed by atoms with E-state index in [2.05, 4.69) is 217 Å². The summed E-state index contributed by atoms with van der Waals surface area (Å²) in [6.45, 7) is 0. The lowest BCUT2D eigenvalue weighted by molar-refractivity contribution is 1.28. The molecular weight excluding hydrogens is 671 g/mol. The molecule has 0 saturated heterocycles. The summed E-state index contributed by atoms with van der Waals surface area (Å²) in [4.78, 5) is 3.64. The average Bonchev–Trinajstić information content (AvgIpc) is 3.70. The molecule has 1 aromatic heterocycles. The van der Waals surface area contributed by atoms with Crippen LogP contribution in [0, 0.1) is 0 Å². The van der Waals surface area contributed by atoms with Crippen molar-refractivity contribution >= 4 is 60.0 Å². The van der Waals surface area contributed by atoms with E-state index < -0.39 is 0 Å². The zero-order valence-corrected chi connectivity index (χ0v) is 30.4. The minimum atomic E-state index is 1.11.